The van der Waals surface area contributed by atoms with Gasteiger partial charge in [0, 0.05) is 28.9 Å². The van der Waals surface area contributed by atoms with Gasteiger partial charge in [-0.2, -0.15) is 0 Å². The Morgan fingerprint density at radius 2 is 1.71 bits per heavy atom. The second-order valence-corrected chi connectivity index (χ2v) is 9.81. The third kappa shape index (κ3) is 3.52. The first-order valence-corrected chi connectivity index (χ1v) is 11.8. The van der Waals surface area contributed by atoms with E-state index < -0.39 is 5.79 Å². The van der Waals surface area contributed by atoms with Crippen molar-refractivity contribution in [3.63, 3.8) is 0 Å². The predicted molar refractivity (Wildman–Crippen MR) is 114 cm³/mol. The van der Waals surface area contributed by atoms with Crippen molar-refractivity contribution in [2.24, 2.45) is 11.8 Å². The van der Waals surface area contributed by atoms with Crippen LogP contribution < -0.4 is 0 Å². The molecule has 6 rings (SSSR count). The van der Waals surface area contributed by atoms with Gasteiger partial charge in [-0.05, 0) is 37.8 Å². The molecule has 1 aromatic heterocycles. The van der Waals surface area contributed by atoms with E-state index in [9.17, 15) is 0 Å². The van der Waals surface area contributed by atoms with Crippen LogP contribution in [0.15, 0.2) is 22.7 Å². The van der Waals surface area contributed by atoms with Gasteiger partial charge in [-0.25, -0.2) is 0 Å². The minimum Gasteiger partial charge on any atom is -0.380 e. The van der Waals surface area contributed by atoms with Crippen LogP contribution in [0.5, 0.6) is 0 Å². The highest BCUT2D eigenvalue weighted by Crippen LogP contribution is 2.49. The number of rotatable bonds is 5. The van der Waals surface area contributed by atoms with Crippen molar-refractivity contribution in [3.8, 4) is 11.3 Å². The van der Waals surface area contributed by atoms with Crippen LogP contribution in [0.3, 0.4) is 0 Å². The highest BCUT2D eigenvalue weighted by molar-refractivity contribution is 6.39. The lowest BCUT2D eigenvalue weighted by molar-refractivity contribution is -0.301. The Labute approximate surface area is 191 Å². The molecule has 6 nitrogen and oxygen atoms in total. The summed E-state index contributed by atoms with van der Waals surface area (Å²) in [6.45, 7) is 3.04. The molecule has 1 aromatic carbocycles. The van der Waals surface area contributed by atoms with Crippen molar-refractivity contribution < 1.29 is 23.5 Å². The van der Waals surface area contributed by atoms with Gasteiger partial charge in [-0.1, -0.05) is 34.4 Å². The van der Waals surface area contributed by atoms with Gasteiger partial charge in [0.1, 0.15) is 11.5 Å². The predicted octanol–water partition coefficient (Wildman–Crippen LogP) is 5.21. The smallest absolute Gasteiger partial charge is 0.178 e. The van der Waals surface area contributed by atoms with Crippen molar-refractivity contribution in [2.75, 3.05) is 26.4 Å². The molecule has 2 unspecified atom stereocenters. The van der Waals surface area contributed by atoms with Gasteiger partial charge in [0.2, 0.25) is 0 Å². The largest absolute Gasteiger partial charge is 0.380 e. The Morgan fingerprint density at radius 3 is 2.35 bits per heavy atom. The highest BCUT2D eigenvalue weighted by Gasteiger charge is 2.57. The molecule has 166 valence electrons. The number of halogens is 2. The molecular weight excluding hydrogens is 441 g/mol. The van der Waals surface area contributed by atoms with Crippen LogP contribution in [0.25, 0.3) is 11.3 Å². The summed E-state index contributed by atoms with van der Waals surface area (Å²) in [5.41, 5.74) is 2.36. The van der Waals surface area contributed by atoms with E-state index >= 15 is 0 Å². The lowest BCUT2D eigenvalue weighted by Gasteiger charge is -2.50. The topological polar surface area (TPSA) is 63.0 Å². The fraction of sp³-hybridized carbons (Fsp3) is 0.609. The summed E-state index contributed by atoms with van der Waals surface area (Å²) in [6, 6.07) is 5.47. The van der Waals surface area contributed by atoms with E-state index in [1.807, 2.05) is 18.2 Å². The summed E-state index contributed by atoms with van der Waals surface area (Å²) in [7, 11) is 0. The minimum atomic E-state index is -0.481. The molecule has 31 heavy (non-hydrogen) atoms. The molecular formula is C23H25Cl2NO5. The first kappa shape index (κ1) is 20.5. The summed E-state index contributed by atoms with van der Waals surface area (Å²) in [4.78, 5) is 0. The molecule has 0 N–H and O–H groups in total. The molecule has 0 radical (unpaired) electrons. The van der Waals surface area contributed by atoms with E-state index in [2.05, 4.69) is 5.16 Å². The molecule has 1 spiro atoms. The van der Waals surface area contributed by atoms with E-state index in [0.717, 1.165) is 37.0 Å². The molecule has 0 amide bonds. The molecule has 4 fully saturated rings. The third-order valence-corrected chi connectivity index (χ3v) is 7.67. The molecule has 2 aliphatic heterocycles. The maximum atomic E-state index is 6.47. The van der Waals surface area contributed by atoms with Gasteiger partial charge < -0.3 is 23.5 Å². The van der Waals surface area contributed by atoms with Crippen LogP contribution in [0.2, 0.25) is 10.0 Å². The normalized spacial score (nSPS) is 29.5. The van der Waals surface area contributed by atoms with E-state index in [4.69, 9.17) is 46.7 Å². The quantitative estimate of drug-likeness (QED) is 0.603. The lowest BCUT2D eigenvalue weighted by Crippen LogP contribution is -2.58. The zero-order valence-corrected chi connectivity index (χ0v) is 18.7. The van der Waals surface area contributed by atoms with Gasteiger partial charge in [-0.15, -0.1) is 0 Å². The number of ether oxygens (including phenoxy) is 4. The number of hydrogen-bond acceptors (Lipinski definition) is 6. The minimum absolute atomic E-state index is 0.105. The third-order valence-electron chi connectivity index (χ3n) is 7.04. The molecule has 2 saturated carbocycles. The maximum absolute atomic E-state index is 6.47. The number of aromatic nitrogens is 1. The van der Waals surface area contributed by atoms with Crippen LogP contribution in [0.4, 0.5) is 0 Å². The van der Waals surface area contributed by atoms with E-state index in [-0.39, 0.29) is 17.9 Å². The fourth-order valence-corrected chi connectivity index (χ4v) is 5.99. The molecule has 3 heterocycles. The van der Waals surface area contributed by atoms with E-state index in [1.54, 1.807) is 0 Å². The lowest BCUT2D eigenvalue weighted by atomic mass is 9.73. The van der Waals surface area contributed by atoms with Crippen LogP contribution in [0.1, 0.15) is 42.9 Å². The van der Waals surface area contributed by atoms with Gasteiger partial charge in [0.25, 0.3) is 0 Å². The summed E-state index contributed by atoms with van der Waals surface area (Å²) < 4.78 is 30.3. The van der Waals surface area contributed by atoms with Crippen molar-refractivity contribution in [2.45, 2.75) is 50.1 Å². The van der Waals surface area contributed by atoms with Gasteiger partial charge in [0.15, 0.2) is 5.79 Å². The summed E-state index contributed by atoms with van der Waals surface area (Å²) in [5.74, 6) is 1.21. The van der Waals surface area contributed by atoms with Crippen molar-refractivity contribution in [1.82, 2.24) is 5.16 Å². The second-order valence-electron chi connectivity index (χ2n) is 9.00. The van der Waals surface area contributed by atoms with E-state index in [0.29, 0.717) is 60.3 Å². The monoisotopic (exact) mass is 465 g/mol. The first-order chi connectivity index (χ1) is 15.2. The first-order valence-electron chi connectivity index (χ1n) is 11.1. The summed E-state index contributed by atoms with van der Waals surface area (Å²) in [6.07, 6.45) is 4.03. The van der Waals surface area contributed by atoms with Gasteiger partial charge >= 0.3 is 0 Å². The summed E-state index contributed by atoms with van der Waals surface area (Å²) >= 11 is 12.9. The zero-order chi connectivity index (χ0) is 21.0. The molecule has 2 aliphatic carbocycles. The number of hydrogen-bond donors (Lipinski definition) is 0. The SMILES string of the molecule is Clc1cccc(Cl)c1-c1noc(C2CC2)c1COC1CC2COCC(C1)C21OCCO1. The Kier molecular flexibility index (Phi) is 5.29. The average molecular weight is 466 g/mol. The molecule has 2 aromatic rings. The Balaban J connectivity index is 1.25. The molecule has 2 saturated heterocycles. The van der Waals surface area contributed by atoms with Crippen LogP contribution >= 0.6 is 23.2 Å². The zero-order valence-electron chi connectivity index (χ0n) is 17.1. The van der Waals surface area contributed by atoms with Crippen molar-refractivity contribution in [1.29, 1.82) is 0 Å². The average Bonchev–Trinajstić information content (AvgIpc) is 3.33. The molecule has 8 heteroatoms. The Bertz CT molecular complexity index is 933. The van der Waals surface area contributed by atoms with Crippen LogP contribution in [-0.2, 0) is 25.6 Å². The maximum Gasteiger partial charge on any atom is 0.178 e. The molecule has 4 aliphatic rings. The van der Waals surface area contributed by atoms with Crippen LogP contribution in [-0.4, -0.2) is 43.5 Å². The Morgan fingerprint density at radius 1 is 1.03 bits per heavy atom. The number of benzene rings is 1. The fourth-order valence-electron chi connectivity index (χ4n) is 5.41. The van der Waals surface area contributed by atoms with Crippen molar-refractivity contribution in [3.05, 3.63) is 39.6 Å². The van der Waals surface area contributed by atoms with Gasteiger partial charge in [0.05, 0.1) is 49.2 Å². The standard InChI is InChI=1S/C23H25Cl2NO5/c24-18-2-1-3-19(25)20(18)21-17(22(31-26-21)13-4-5-13)12-28-16-8-14-10-27-11-15(9-16)23(14)29-6-7-30-23/h1-3,13-16H,4-12H2. The molecule has 2 atom stereocenters. The van der Waals surface area contributed by atoms with E-state index in [1.165, 1.54) is 0 Å². The molecule has 2 bridgehead atoms. The van der Waals surface area contributed by atoms with Crippen molar-refractivity contribution >= 4 is 23.2 Å². The summed E-state index contributed by atoms with van der Waals surface area (Å²) in [5, 5.41) is 5.49. The number of nitrogens with zero attached hydrogens (tertiary/aromatic N) is 1. The highest BCUT2D eigenvalue weighted by atomic mass is 35.5. The van der Waals surface area contributed by atoms with Gasteiger partial charge in [-0.3, -0.25) is 0 Å². The van der Waals surface area contributed by atoms with Crippen LogP contribution in [0, 0.1) is 11.8 Å². The second kappa shape index (κ2) is 8.01. The Hall–Kier alpha value is -1.15.